The maximum Gasteiger partial charge on any atom is 0.315 e. The number of likely N-dealkylation sites (tertiary alicyclic amines) is 1. The van der Waals surface area contributed by atoms with Crippen LogP contribution < -0.4 is 16.0 Å². The zero-order chi connectivity index (χ0) is 30.1. The third-order valence-corrected chi connectivity index (χ3v) is 7.50. The summed E-state index contributed by atoms with van der Waals surface area (Å²) in [5.74, 6) is -2.23. The Labute approximate surface area is 237 Å². The molecule has 224 valence electrons. The SMILES string of the molecule is CCCCN(C[C@@H](NC(=O)N[C@H](C(=O)N1CCC[C@H]1C(=O)NC(C)C(=O)C(C)=O)C(C)(C)C)C(C)(C)C)SO. The molecule has 0 spiro atoms. The van der Waals surface area contributed by atoms with E-state index in [1.807, 2.05) is 41.5 Å². The van der Waals surface area contributed by atoms with Gasteiger partial charge in [0.2, 0.25) is 17.6 Å². The Morgan fingerprint density at radius 3 is 2.13 bits per heavy atom. The van der Waals surface area contributed by atoms with Crippen molar-refractivity contribution in [2.24, 2.45) is 10.8 Å². The lowest BCUT2D eigenvalue weighted by Gasteiger charge is -2.38. The average Bonchev–Trinajstić information content (AvgIpc) is 3.32. The van der Waals surface area contributed by atoms with Crippen LogP contribution in [0.25, 0.3) is 0 Å². The predicted molar refractivity (Wildman–Crippen MR) is 153 cm³/mol. The van der Waals surface area contributed by atoms with Gasteiger partial charge >= 0.3 is 6.03 Å². The molecule has 1 fully saturated rings. The highest BCUT2D eigenvalue weighted by Crippen LogP contribution is 2.27. The molecule has 39 heavy (non-hydrogen) atoms. The Morgan fingerprint density at radius 1 is 1.03 bits per heavy atom. The number of unbranched alkanes of at least 4 members (excludes halogenated alkanes) is 1. The van der Waals surface area contributed by atoms with Gasteiger partial charge in [0, 0.05) is 32.6 Å². The van der Waals surface area contributed by atoms with E-state index in [-0.39, 0.29) is 17.4 Å². The van der Waals surface area contributed by atoms with Gasteiger partial charge in [0.25, 0.3) is 0 Å². The molecule has 0 aromatic rings. The number of carbonyl (C=O) groups is 5. The number of ketones is 2. The van der Waals surface area contributed by atoms with Crippen LogP contribution >= 0.6 is 12.2 Å². The second kappa shape index (κ2) is 15.0. The summed E-state index contributed by atoms with van der Waals surface area (Å²) < 4.78 is 11.5. The van der Waals surface area contributed by atoms with Crippen molar-refractivity contribution >= 4 is 41.6 Å². The van der Waals surface area contributed by atoms with E-state index in [9.17, 15) is 28.5 Å². The maximum absolute atomic E-state index is 13.7. The van der Waals surface area contributed by atoms with Crippen LogP contribution in [0.2, 0.25) is 0 Å². The van der Waals surface area contributed by atoms with Crippen molar-refractivity contribution in [3.8, 4) is 0 Å². The minimum atomic E-state index is -0.988. The van der Waals surface area contributed by atoms with Crippen molar-refractivity contribution in [3.05, 3.63) is 0 Å². The minimum absolute atomic E-state index is 0.324. The highest BCUT2D eigenvalue weighted by atomic mass is 32.2. The Bertz CT molecular complexity index is 885. The number of nitrogens with zero attached hydrogens (tertiary/aromatic N) is 2. The van der Waals surface area contributed by atoms with Crippen LogP contribution in [0, 0.1) is 10.8 Å². The lowest BCUT2D eigenvalue weighted by atomic mass is 9.85. The van der Waals surface area contributed by atoms with Gasteiger partial charge < -0.3 is 25.4 Å². The van der Waals surface area contributed by atoms with Crippen LogP contribution in [0.3, 0.4) is 0 Å². The fourth-order valence-electron chi connectivity index (χ4n) is 4.37. The quantitative estimate of drug-likeness (QED) is 0.150. The molecule has 0 bridgehead atoms. The standard InChI is InChI=1S/C27H49N5O6S/c1-10-11-14-31(39-38)16-20(26(4,5)6)29-25(37)30-22(27(7,8)9)24(36)32-15-12-13-19(32)23(35)28-17(2)21(34)18(3)33/h17,19-20,22,38H,10-16H2,1-9H3,(H,28,35)(H2,29,30,37)/t17?,19-,20+,22+/m0/s1. The lowest BCUT2D eigenvalue weighted by Crippen LogP contribution is -2.61. The Morgan fingerprint density at radius 2 is 1.64 bits per heavy atom. The van der Waals surface area contributed by atoms with Gasteiger partial charge in [-0.25, -0.2) is 9.10 Å². The van der Waals surface area contributed by atoms with Crippen molar-refractivity contribution in [1.82, 2.24) is 25.2 Å². The first-order chi connectivity index (χ1) is 17.9. The molecule has 0 aromatic carbocycles. The molecular formula is C27H49N5O6S. The summed E-state index contributed by atoms with van der Waals surface area (Å²) >= 11 is 0.655. The van der Waals surface area contributed by atoms with Crippen LogP contribution in [0.4, 0.5) is 4.79 Å². The number of urea groups is 1. The summed E-state index contributed by atoms with van der Waals surface area (Å²) in [5, 5.41) is 8.40. The summed E-state index contributed by atoms with van der Waals surface area (Å²) in [5.41, 5.74) is -0.994. The van der Waals surface area contributed by atoms with E-state index in [4.69, 9.17) is 0 Å². The predicted octanol–water partition coefficient (Wildman–Crippen LogP) is 2.99. The molecule has 0 radical (unpaired) electrons. The Balaban J connectivity index is 3.04. The fourth-order valence-corrected chi connectivity index (χ4v) is 4.79. The van der Waals surface area contributed by atoms with E-state index in [1.54, 1.807) is 4.31 Å². The molecule has 1 rings (SSSR count). The number of Topliss-reactive ketones (excluding diaryl/α,β-unsaturated/α-hetero) is 2. The van der Waals surface area contributed by atoms with E-state index >= 15 is 0 Å². The van der Waals surface area contributed by atoms with Gasteiger partial charge in [-0.1, -0.05) is 54.9 Å². The molecule has 1 aliphatic rings. The third-order valence-electron chi connectivity index (χ3n) is 6.94. The zero-order valence-corrected chi connectivity index (χ0v) is 25.9. The van der Waals surface area contributed by atoms with Gasteiger partial charge in [-0.15, -0.1) is 0 Å². The normalized spacial score (nSPS) is 18.3. The van der Waals surface area contributed by atoms with E-state index in [0.29, 0.717) is 44.7 Å². The number of hydrogen-bond acceptors (Lipinski definition) is 8. The molecule has 4 atom stereocenters. The van der Waals surface area contributed by atoms with E-state index in [2.05, 4.69) is 22.9 Å². The minimum Gasteiger partial charge on any atom is -0.344 e. The number of carbonyl (C=O) groups excluding carboxylic acids is 5. The van der Waals surface area contributed by atoms with Gasteiger partial charge in [0.05, 0.1) is 18.3 Å². The average molecular weight is 572 g/mol. The first kappa shape index (κ1) is 34.8. The van der Waals surface area contributed by atoms with Crippen molar-refractivity contribution in [2.75, 3.05) is 19.6 Å². The Hall–Kier alpha value is -2.18. The van der Waals surface area contributed by atoms with Crippen LogP contribution in [0.5, 0.6) is 0 Å². The molecular weight excluding hydrogens is 522 g/mol. The van der Waals surface area contributed by atoms with Crippen molar-refractivity contribution in [2.45, 2.75) is 112 Å². The van der Waals surface area contributed by atoms with Crippen molar-refractivity contribution in [1.29, 1.82) is 0 Å². The van der Waals surface area contributed by atoms with E-state index in [1.165, 1.54) is 11.8 Å². The van der Waals surface area contributed by atoms with Crippen LogP contribution in [-0.4, -0.2) is 87.0 Å². The first-order valence-electron chi connectivity index (χ1n) is 13.7. The fraction of sp³-hybridized carbons (Fsp3) is 0.815. The summed E-state index contributed by atoms with van der Waals surface area (Å²) in [6, 6.07) is -3.55. The molecule has 1 heterocycles. The molecule has 0 saturated carbocycles. The highest BCUT2D eigenvalue weighted by molar-refractivity contribution is 7.91. The molecule has 4 amide bonds. The molecule has 0 aromatic heterocycles. The summed E-state index contributed by atoms with van der Waals surface area (Å²) in [6.07, 6.45) is 2.89. The molecule has 4 N–H and O–H groups in total. The summed E-state index contributed by atoms with van der Waals surface area (Å²) in [6.45, 7) is 17.6. The summed E-state index contributed by atoms with van der Waals surface area (Å²) in [4.78, 5) is 64.7. The van der Waals surface area contributed by atoms with E-state index in [0.717, 1.165) is 19.8 Å². The van der Waals surface area contributed by atoms with Gasteiger partial charge in [-0.3, -0.25) is 19.2 Å². The van der Waals surface area contributed by atoms with Gasteiger partial charge in [0.1, 0.15) is 12.1 Å². The lowest BCUT2D eigenvalue weighted by molar-refractivity contribution is -0.143. The monoisotopic (exact) mass is 571 g/mol. The second-order valence-corrected chi connectivity index (χ2v) is 13.2. The second-order valence-electron chi connectivity index (χ2n) is 12.5. The van der Waals surface area contributed by atoms with Gasteiger partial charge in [0.15, 0.2) is 5.78 Å². The molecule has 12 heteroatoms. The van der Waals surface area contributed by atoms with Gasteiger partial charge in [-0.05, 0) is 37.0 Å². The summed E-state index contributed by atoms with van der Waals surface area (Å²) in [7, 11) is 0. The van der Waals surface area contributed by atoms with Crippen LogP contribution in [0.15, 0.2) is 0 Å². The zero-order valence-electron chi connectivity index (χ0n) is 25.1. The van der Waals surface area contributed by atoms with Crippen LogP contribution in [0.1, 0.15) is 88.0 Å². The number of amides is 4. The molecule has 11 nitrogen and oxygen atoms in total. The third kappa shape index (κ3) is 10.7. The van der Waals surface area contributed by atoms with Crippen molar-refractivity contribution < 1.29 is 28.5 Å². The number of nitrogens with one attached hydrogen (secondary N) is 3. The van der Waals surface area contributed by atoms with E-state index < -0.39 is 47.0 Å². The molecule has 1 aliphatic heterocycles. The number of rotatable bonds is 13. The maximum atomic E-state index is 13.7. The number of hydrogen-bond donors (Lipinski definition) is 4. The van der Waals surface area contributed by atoms with Crippen LogP contribution in [-0.2, 0) is 19.2 Å². The largest absolute Gasteiger partial charge is 0.344 e. The van der Waals surface area contributed by atoms with Crippen molar-refractivity contribution in [3.63, 3.8) is 0 Å². The first-order valence-corrected chi connectivity index (χ1v) is 14.5. The van der Waals surface area contributed by atoms with Gasteiger partial charge in [-0.2, -0.15) is 0 Å². The smallest absolute Gasteiger partial charge is 0.315 e. The Kier molecular flexibility index (Phi) is 13.4. The molecule has 0 aliphatic carbocycles. The highest BCUT2D eigenvalue weighted by Gasteiger charge is 2.42. The topological polar surface area (TPSA) is 148 Å². The molecule has 1 saturated heterocycles. The molecule has 1 unspecified atom stereocenters.